The Balaban J connectivity index is 4.57. The summed E-state index contributed by atoms with van der Waals surface area (Å²) in [5.41, 5.74) is 0.477. The van der Waals surface area contributed by atoms with Gasteiger partial charge in [-0.15, -0.1) is 0 Å². The second kappa shape index (κ2) is 10.6. The average molecular weight is 387 g/mol. The largest absolute Gasteiger partial charge is 0.372 e. The molecule has 0 aliphatic carbocycles. The van der Waals surface area contributed by atoms with Crippen LogP contribution < -0.4 is 0 Å². The first kappa shape index (κ1) is 26.9. The molecule has 0 saturated carbocycles. The van der Waals surface area contributed by atoms with E-state index in [1.54, 1.807) is 0 Å². The van der Waals surface area contributed by atoms with Gasteiger partial charge in [0.25, 0.3) is 0 Å². The van der Waals surface area contributed by atoms with Gasteiger partial charge in [-0.2, -0.15) is 0 Å². The van der Waals surface area contributed by atoms with Crippen molar-refractivity contribution in [3.8, 4) is 0 Å². The van der Waals surface area contributed by atoms with Crippen LogP contribution in [0.15, 0.2) is 0 Å². The van der Waals surface area contributed by atoms with Crippen molar-refractivity contribution in [3.05, 3.63) is 0 Å². The van der Waals surface area contributed by atoms with E-state index in [9.17, 15) is 0 Å². The lowest BCUT2D eigenvalue weighted by Crippen LogP contribution is -2.40. The molecule has 0 aromatic carbocycles. The fraction of sp³-hybridized carbons (Fsp3) is 1.00. The van der Waals surface area contributed by atoms with E-state index in [4.69, 9.17) is 14.5 Å². The van der Waals surface area contributed by atoms with Crippen LogP contribution in [0.25, 0.3) is 0 Å². The second-order valence-electron chi connectivity index (χ2n) is 12.8. The predicted molar refractivity (Wildman–Crippen MR) is 117 cm³/mol. The van der Waals surface area contributed by atoms with Gasteiger partial charge in [-0.25, -0.2) is 9.78 Å². The zero-order valence-electron chi connectivity index (χ0n) is 20.6. The predicted octanol–water partition coefficient (Wildman–Crippen LogP) is 7.29. The third kappa shape index (κ3) is 16.5. The van der Waals surface area contributed by atoms with Crippen molar-refractivity contribution in [2.24, 2.45) is 28.1 Å². The Labute approximate surface area is 170 Å². The summed E-state index contributed by atoms with van der Waals surface area (Å²) in [6, 6.07) is 0. The van der Waals surface area contributed by atoms with Crippen LogP contribution in [0.4, 0.5) is 0 Å². The van der Waals surface area contributed by atoms with E-state index in [1.807, 2.05) is 0 Å². The molecule has 0 saturated heterocycles. The van der Waals surface area contributed by atoms with Gasteiger partial charge in [-0.05, 0) is 54.3 Å². The Bertz CT molecular complexity index is 397. The van der Waals surface area contributed by atoms with Crippen molar-refractivity contribution in [2.45, 2.75) is 108 Å². The van der Waals surface area contributed by atoms with Crippen LogP contribution in [0.1, 0.15) is 102 Å². The first-order valence-corrected chi connectivity index (χ1v) is 10.8. The number of rotatable bonds is 11. The number of hydrogen-bond donors (Lipinski definition) is 0. The first-order valence-electron chi connectivity index (χ1n) is 10.8. The number of ether oxygens (including phenoxy) is 1. The first-order chi connectivity index (χ1) is 11.9. The maximum absolute atomic E-state index is 6.40. The maximum atomic E-state index is 6.40. The van der Waals surface area contributed by atoms with Gasteiger partial charge >= 0.3 is 0 Å². The van der Waals surface area contributed by atoms with Crippen LogP contribution in [0, 0.1) is 28.1 Å². The van der Waals surface area contributed by atoms with Crippen LogP contribution >= 0.6 is 0 Å². The molecule has 0 spiro atoms. The lowest BCUT2D eigenvalue weighted by Gasteiger charge is -2.36. The van der Waals surface area contributed by atoms with Crippen molar-refractivity contribution < 1.29 is 14.5 Å². The summed E-state index contributed by atoms with van der Waals surface area (Å²) in [5, 5.41) is 0. The molecular weight excluding hydrogens is 336 g/mol. The Hall–Kier alpha value is -0.120. The third-order valence-electron chi connectivity index (χ3n) is 4.34. The smallest absolute Gasteiger partial charge is 0.111 e. The highest BCUT2D eigenvalue weighted by Gasteiger charge is 2.33. The molecule has 0 heterocycles. The molecule has 3 heteroatoms. The Morgan fingerprint density at radius 1 is 0.593 bits per heavy atom. The third-order valence-corrected chi connectivity index (χ3v) is 4.34. The fourth-order valence-electron chi connectivity index (χ4n) is 4.15. The molecule has 0 fully saturated rings. The van der Waals surface area contributed by atoms with E-state index in [0.29, 0.717) is 35.9 Å². The molecule has 164 valence electrons. The van der Waals surface area contributed by atoms with E-state index in [1.165, 1.54) is 0 Å². The van der Waals surface area contributed by atoms with Gasteiger partial charge < -0.3 is 4.74 Å². The maximum Gasteiger partial charge on any atom is 0.111 e. The highest BCUT2D eigenvalue weighted by Crippen LogP contribution is 2.32. The molecule has 0 aromatic rings. The van der Waals surface area contributed by atoms with E-state index < -0.39 is 0 Å². The topological polar surface area (TPSA) is 27.7 Å². The van der Waals surface area contributed by atoms with E-state index >= 15 is 0 Å². The normalized spacial score (nSPS) is 18.2. The molecule has 3 atom stereocenters. The summed E-state index contributed by atoms with van der Waals surface area (Å²) in [6.07, 6.45) is 3.21. The van der Waals surface area contributed by atoms with Crippen LogP contribution in [0.5, 0.6) is 0 Å². The zero-order chi connectivity index (χ0) is 21.5. The van der Waals surface area contributed by atoms with Gasteiger partial charge in [0, 0.05) is 6.61 Å². The SMILES string of the molecule is CC(COOCC(C)(CC(C)(C)C)OCC(C)CC(C)(C)C)CC(C)(C)C. The van der Waals surface area contributed by atoms with Gasteiger partial charge in [0.2, 0.25) is 0 Å². The minimum Gasteiger partial charge on any atom is -0.372 e. The minimum absolute atomic E-state index is 0.172. The summed E-state index contributed by atoms with van der Waals surface area (Å²) in [6.45, 7) is 28.9. The van der Waals surface area contributed by atoms with Gasteiger partial charge in [-0.1, -0.05) is 76.2 Å². The monoisotopic (exact) mass is 386 g/mol. The highest BCUT2D eigenvalue weighted by atomic mass is 17.2. The van der Waals surface area contributed by atoms with Crippen molar-refractivity contribution in [2.75, 3.05) is 19.8 Å². The van der Waals surface area contributed by atoms with Gasteiger partial charge in [0.05, 0.1) is 12.2 Å². The zero-order valence-corrected chi connectivity index (χ0v) is 20.6. The van der Waals surface area contributed by atoms with Gasteiger partial charge in [-0.3, -0.25) is 0 Å². The molecule has 0 bridgehead atoms. The average Bonchev–Trinajstić information content (AvgIpc) is 2.36. The van der Waals surface area contributed by atoms with Gasteiger partial charge in [0.15, 0.2) is 0 Å². The summed E-state index contributed by atoms with van der Waals surface area (Å²) in [7, 11) is 0. The lowest BCUT2D eigenvalue weighted by atomic mass is 9.82. The van der Waals surface area contributed by atoms with Gasteiger partial charge in [0.1, 0.15) is 6.61 Å². The summed E-state index contributed by atoms with van der Waals surface area (Å²) in [4.78, 5) is 11.2. The van der Waals surface area contributed by atoms with E-state index in [2.05, 4.69) is 83.1 Å². The molecular formula is C24H50O3. The summed E-state index contributed by atoms with van der Waals surface area (Å²) in [5.74, 6) is 1.00. The molecule has 0 rings (SSSR count). The highest BCUT2D eigenvalue weighted by molar-refractivity contribution is 4.82. The standard InChI is InChI=1S/C24H50O3/c1-19(13-21(3,4)5)15-25-24(12,17-23(9,10)11)18-27-26-16-20(2)14-22(6,7)8/h19-20H,13-18H2,1-12H3. The molecule has 27 heavy (non-hydrogen) atoms. The van der Waals surface area contributed by atoms with E-state index in [0.717, 1.165) is 25.9 Å². The molecule has 3 nitrogen and oxygen atoms in total. The van der Waals surface area contributed by atoms with Crippen molar-refractivity contribution >= 4 is 0 Å². The quantitative estimate of drug-likeness (QED) is 0.212. The molecule has 0 aliphatic heterocycles. The Kier molecular flexibility index (Phi) is 10.6. The molecule has 0 aromatic heterocycles. The Morgan fingerprint density at radius 2 is 1.04 bits per heavy atom. The number of hydrogen-bond acceptors (Lipinski definition) is 3. The molecule has 3 unspecified atom stereocenters. The lowest BCUT2D eigenvalue weighted by molar-refractivity contribution is -0.326. The Morgan fingerprint density at radius 3 is 1.44 bits per heavy atom. The summed E-state index contributed by atoms with van der Waals surface area (Å²) >= 11 is 0. The molecule has 0 N–H and O–H groups in total. The fourth-order valence-corrected chi connectivity index (χ4v) is 4.15. The van der Waals surface area contributed by atoms with Crippen LogP contribution in [0.3, 0.4) is 0 Å². The van der Waals surface area contributed by atoms with Crippen LogP contribution in [-0.2, 0) is 14.5 Å². The second-order valence-corrected chi connectivity index (χ2v) is 12.8. The van der Waals surface area contributed by atoms with E-state index in [-0.39, 0.29) is 11.0 Å². The van der Waals surface area contributed by atoms with Crippen molar-refractivity contribution in [1.29, 1.82) is 0 Å². The minimum atomic E-state index is -0.336. The summed E-state index contributed by atoms with van der Waals surface area (Å²) < 4.78 is 6.40. The molecule has 0 radical (unpaired) electrons. The van der Waals surface area contributed by atoms with Crippen molar-refractivity contribution in [1.82, 2.24) is 0 Å². The molecule has 0 aliphatic rings. The van der Waals surface area contributed by atoms with Crippen molar-refractivity contribution in [3.63, 3.8) is 0 Å². The molecule has 0 amide bonds. The van der Waals surface area contributed by atoms with Crippen LogP contribution in [-0.4, -0.2) is 25.4 Å². The van der Waals surface area contributed by atoms with Crippen LogP contribution in [0.2, 0.25) is 0 Å².